The highest BCUT2D eigenvalue weighted by atomic mass is 16.5. The molecule has 1 N–H and O–H groups in total. The van der Waals surface area contributed by atoms with Gasteiger partial charge < -0.3 is 9.72 Å². The molecule has 1 aromatic heterocycles. The smallest absolute Gasteiger partial charge is 0.339 e. The Morgan fingerprint density at radius 1 is 1.44 bits per heavy atom. The van der Waals surface area contributed by atoms with Gasteiger partial charge in [0, 0.05) is 11.8 Å². The van der Waals surface area contributed by atoms with E-state index in [1.165, 1.54) is 19.0 Å². The molecule has 1 heterocycles. The van der Waals surface area contributed by atoms with Crippen LogP contribution in [0.4, 0.5) is 0 Å². The van der Waals surface area contributed by atoms with E-state index in [-0.39, 0.29) is 11.5 Å². The molecule has 0 radical (unpaired) electrons. The van der Waals surface area contributed by atoms with Gasteiger partial charge in [-0.1, -0.05) is 12.8 Å². The first kappa shape index (κ1) is 12.9. The number of aromatic nitrogens is 1. The number of nitrogens with one attached hydrogen (secondary N) is 1. The topological polar surface area (TPSA) is 59.2 Å². The van der Waals surface area contributed by atoms with Crippen molar-refractivity contribution in [3.8, 4) is 0 Å². The van der Waals surface area contributed by atoms with E-state index in [0.717, 1.165) is 18.4 Å². The summed E-state index contributed by atoms with van der Waals surface area (Å²) in [4.78, 5) is 26.3. The Morgan fingerprint density at radius 3 is 2.72 bits per heavy atom. The van der Waals surface area contributed by atoms with Gasteiger partial charge in [0.2, 0.25) is 0 Å². The van der Waals surface area contributed by atoms with Crippen molar-refractivity contribution in [2.45, 2.75) is 45.4 Å². The quantitative estimate of drug-likeness (QED) is 0.837. The van der Waals surface area contributed by atoms with Crippen molar-refractivity contribution in [3.63, 3.8) is 0 Å². The fourth-order valence-electron chi connectivity index (χ4n) is 2.77. The second kappa shape index (κ2) is 5.38. The molecule has 1 saturated carbocycles. The van der Waals surface area contributed by atoms with E-state index in [9.17, 15) is 9.59 Å². The second-order valence-electron chi connectivity index (χ2n) is 4.77. The van der Waals surface area contributed by atoms with Gasteiger partial charge in [0.25, 0.3) is 5.56 Å². The lowest BCUT2D eigenvalue weighted by Gasteiger charge is -2.16. The molecule has 4 nitrogen and oxygen atoms in total. The van der Waals surface area contributed by atoms with Gasteiger partial charge in [0.15, 0.2) is 0 Å². The average molecular weight is 249 g/mol. The van der Waals surface area contributed by atoms with E-state index in [1.807, 2.05) is 0 Å². The molecule has 98 valence electrons. The van der Waals surface area contributed by atoms with E-state index in [0.29, 0.717) is 23.7 Å². The summed E-state index contributed by atoms with van der Waals surface area (Å²) in [5.74, 6) is -0.00884. The lowest BCUT2D eigenvalue weighted by Crippen LogP contribution is -2.19. The molecule has 0 amide bonds. The van der Waals surface area contributed by atoms with Gasteiger partial charge in [0.05, 0.1) is 12.2 Å². The molecule has 0 aromatic carbocycles. The zero-order chi connectivity index (χ0) is 13.1. The monoisotopic (exact) mass is 249 g/mol. The molecule has 1 aromatic rings. The highest BCUT2D eigenvalue weighted by Gasteiger charge is 2.26. The minimum atomic E-state index is -0.334. The van der Waals surface area contributed by atoms with Crippen LogP contribution in [0.15, 0.2) is 11.0 Å². The molecule has 0 saturated heterocycles. The summed E-state index contributed by atoms with van der Waals surface area (Å²) in [7, 11) is 0. The summed E-state index contributed by atoms with van der Waals surface area (Å²) in [6.07, 6.45) is 5.94. The van der Waals surface area contributed by atoms with Crippen LogP contribution in [-0.2, 0) is 4.74 Å². The number of pyridine rings is 1. The lowest BCUT2D eigenvalue weighted by molar-refractivity contribution is 0.0523. The third-order valence-corrected chi connectivity index (χ3v) is 3.64. The summed E-state index contributed by atoms with van der Waals surface area (Å²) < 4.78 is 5.06. The van der Waals surface area contributed by atoms with E-state index >= 15 is 0 Å². The number of ether oxygens (including phenoxy) is 1. The van der Waals surface area contributed by atoms with Crippen molar-refractivity contribution in [1.82, 2.24) is 4.98 Å². The predicted molar refractivity (Wildman–Crippen MR) is 69.0 cm³/mol. The Hall–Kier alpha value is -1.58. The van der Waals surface area contributed by atoms with Crippen molar-refractivity contribution < 1.29 is 9.53 Å². The first-order chi connectivity index (χ1) is 8.65. The number of H-pyrrole nitrogens is 1. The van der Waals surface area contributed by atoms with Crippen molar-refractivity contribution >= 4 is 5.97 Å². The maximum atomic E-state index is 11.9. The molecule has 0 unspecified atom stereocenters. The van der Waals surface area contributed by atoms with Gasteiger partial charge in [-0.3, -0.25) is 4.79 Å². The molecule has 0 aliphatic heterocycles. The van der Waals surface area contributed by atoms with Crippen LogP contribution in [0.1, 0.15) is 60.0 Å². The van der Waals surface area contributed by atoms with Crippen molar-refractivity contribution in [2.24, 2.45) is 0 Å². The van der Waals surface area contributed by atoms with Gasteiger partial charge in [0.1, 0.15) is 0 Å². The maximum absolute atomic E-state index is 11.9. The standard InChI is InChI=1S/C14H19NO3/c1-3-18-14(17)11-8-15-13(16)9(2)12(11)10-6-4-5-7-10/h8,10H,3-7H2,1-2H3,(H,15,16). The summed E-state index contributed by atoms with van der Waals surface area (Å²) in [6.45, 7) is 3.92. The zero-order valence-corrected chi connectivity index (χ0v) is 10.9. The molecular weight excluding hydrogens is 230 g/mol. The molecule has 4 heteroatoms. The number of esters is 1. The van der Waals surface area contributed by atoms with Crippen LogP contribution in [0, 0.1) is 6.92 Å². The van der Waals surface area contributed by atoms with Crippen LogP contribution < -0.4 is 5.56 Å². The van der Waals surface area contributed by atoms with E-state index in [1.54, 1.807) is 13.8 Å². The Balaban J connectivity index is 2.48. The van der Waals surface area contributed by atoms with E-state index < -0.39 is 0 Å². The number of hydrogen-bond acceptors (Lipinski definition) is 3. The Morgan fingerprint density at radius 2 is 2.11 bits per heavy atom. The predicted octanol–water partition coefficient (Wildman–Crippen LogP) is 2.52. The van der Waals surface area contributed by atoms with Crippen LogP contribution in [-0.4, -0.2) is 17.6 Å². The number of aromatic amines is 1. The summed E-state index contributed by atoms with van der Waals surface area (Å²) in [5, 5.41) is 0. The molecule has 1 fully saturated rings. The molecule has 1 aliphatic carbocycles. The zero-order valence-electron chi connectivity index (χ0n) is 10.9. The maximum Gasteiger partial charge on any atom is 0.339 e. The highest BCUT2D eigenvalue weighted by Crippen LogP contribution is 2.36. The molecule has 18 heavy (non-hydrogen) atoms. The first-order valence-corrected chi connectivity index (χ1v) is 6.54. The van der Waals surface area contributed by atoms with Gasteiger partial charge in [-0.05, 0) is 38.2 Å². The highest BCUT2D eigenvalue weighted by molar-refractivity contribution is 5.91. The van der Waals surface area contributed by atoms with Gasteiger partial charge in [-0.2, -0.15) is 0 Å². The SMILES string of the molecule is CCOC(=O)c1c[nH]c(=O)c(C)c1C1CCCC1. The average Bonchev–Trinajstić information content (AvgIpc) is 2.86. The van der Waals surface area contributed by atoms with Crippen molar-refractivity contribution in [3.05, 3.63) is 33.2 Å². The van der Waals surface area contributed by atoms with E-state index in [4.69, 9.17) is 4.74 Å². The van der Waals surface area contributed by atoms with Gasteiger partial charge >= 0.3 is 5.97 Å². The number of rotatable bonds is 3. The second-order valence-corrected chi connectivity index (χ2v) is 4.77. The van der Waals surface area contributed by atoms with Crippen LogP contribution in [0.25, 0.3) is 0 Å². The molecule has 0 spiro atoms. The molecule has 1 aliphatic rings. The lowest BCUT2D eigenvalue weighted by atomic mass is 9.90. The number of hydrogen-bond donors (Lipinski definition) is 1. The Bertz CT molecular complexity index is 498. The summed E-state index contributed by atoms with van der Waals surface area (Å²) in [5.41, 5.74) is 1.98. The molecule has 2 rings (SSSR count). The fraction of sp³-hybridized carbons (Fsp3) is 0.571. The third kappa shape index (κ3) is 2.33. The largest absolute Gasteiger partial charge is 0.462 e. The van der Waals surface area contributed by atoms with Crippen molar-refractivity contribution in [2.75, 3.05) is 6.61 Å². The number of carbonyl (C=O) groups excluding carboxylic acids is 1. The summed E-state index contributed by atoms with van der Waals surface area (Å²) in [6, 6.07) is 0. The van der Waals surface area contributed by atoms with Crippen LogP contribution in [0.5, 0.6) is 0 Å². The van der Waals surface area contributed by atoms with Gasteiger partial charge in [-0.25, -0.2) is 4.79 Å². The normalized spacial score (nSPS) is 15.9. The summed E-state index contributed by atoms with van der Waals surface area (Å²) >= 11 is 0. The van der Waals surface area contributed by atoms with E-state index in [2.05, 4.69) is 4.98 Å². The van der Waals surface area contributed by atoms with Crippen LogP contribution in [0.2, 0.25) is 0 Å². The molecule has 0 atom stereocenters. The number of carbonyl (C=O) groups is 1. The minimum absolute atomic E-state index is 0.107. The van der Waals surface area contributed by atoms with Crippen molar-refractivity contribution in [1.29, 1.82) is 0 Å². The minimum Gasteiger partial charge on any atom is -0.462 e. The Kier molecular flexibility index (Phi) is 3.84. The van der Waals surface area contributed by atoms with Crippen LogP contribution >= 0.6 is 0 Å². The third-order valence-electron chi connectivity index (χ3n) is 3.64. The fourth-order valence-corrected chi connectivity index (χ4v) is 2.77. The first-order valence-electron chi connectivity index (χ1n) is 6.54. The van der Waals surface area contributed by atoms with Crippen LogP contribution in [0.3, 0.4) is 0 Å². The Labute approximate surface area is 106 Å². The molecular formula is C14H19NO3. The van der Waals surface area contributed by atoms with Gasteiger partial charge in [-0.15, -0.1) is 0 Å². The molecule has 0 bridgehead atoms.